The van der Waals surface area contributed by atoms with Crippen LogP contribution in [0.3, 0.4) is 0 Å². The summed E-state index contributed by atoms with van der Waals surface area (Å²) in [6.07, 6.45) is 1.30. The zero-order valence-electron chi connectivity index (χ0n) is 24.9. The highest BCUT2D eigenvalue weighted by Crippen LogP contribution is 2.39. The van der Waals surface area contributed by atoms with Crippen LogP contribution in [0.1, 0.15) is 71.4 Å². The van der Waals surface area contributed by atoms with Crippen LogP contribution >= 0.6 is 0 Å². The van der Waals surface area contributed by atoms with Gasteiger partial charge in [0.1, 0.15) is 18.4 Å². The number of hydrogen-bond acceptors (Lipinski definition) is 6. The average molecular weight is 611 g/mol. The van der Waals surface area contributed by atoms with E-state index in [4.69, 9.17) is 9.47 Å². The Morgan fingerprint density at radius 3 is 2.21 bits per heavy atom. The average Bonchev–Trinajstić information content (AvgIpc) is 2.94. The maximum absolute atomic E-state index is 14.0. The molecule has 8 nitrogen and oxygen atoms in total. The minimum atomic E-state index is -1.86. The van der Waals surface area contributed by atoms with E-state index < -0.39 is 77.5 Å². The molecule has 3 rings (SSSR count). The van der Waals surface area contributed by atoms with E-state index in [0.717, 1.165) is 24.0 Å². The van der Waals surface area contributed by atoms with Gasteiger partial charge in [0, 0.05) is 18.2 Å². The summed E-state index contributed by atoms with van der Waals surface area (Å²) in [4.78, 5) is 38.1. The van der Waals surface area contributed by atoms with Crippen LogP contribution in [-0.2, 0) is 30.3 Å². The molecule has 1 aliphatic heterocycles. The Bertz CT molecular complexity index is 1310. The lowest BCUT2D eigenvalue weighted by molar-refractivity contribution is -0.143. The Morgan fingerprint density at radius 2 is 1.67 bits per heavy atom. The largest absolute Gasteiger partial charge is 0.481 e. The number of ketones is 1. The fourth-order valence-electron chi connectivity index (χ4n) is 5.08. The number of hydrogen-bond donors (Lipinski definition) is 3. The first kappa shape index (κ1) is 34.0. The van der Waals surface area contributed by atoms with Gasteiger partial charge in [-0.2, -0.15) is 8.78 Å². The second kappa shape index (κ2) is 13.9. The van der Waals surface area contributed by atoms with Gasteiger partial charge in [-0.05, 0) is 36.2 Å². The van der Waals surface area contributed by atoms with Crippen molar-refractivity contribution in [3.8, 4) is 5.75 Å². The van der Waals surface area contributed by atoms with Crippen molar-refractivity contribution >= 4 is 17.7 Å². The van der Waals surface area contributed by atoms with Crippen LogP contribution < -0.4 is 15.4 Å². The molecule has 0 saturated carbocycles. The second-order valence-corrected chi connectivity index (χ2v) is 12.0. The summed E-state index contributed by atoms with van der Waals surface area (Å²) >= 11 is 0. The molecular formula is C31H38F4N2O6. The number of carboxylic acid groups (broad SMARTS) is 1. The van der Waals surface area contributed by atoms with E-state index in [1.165, 1.54) is 0 Å². The third-order valence-corrected chi connectivity index (χ3v) is 7.29. The van der Waals surface area contributed by atoms with Gasteiger partial charge in [-0.3, -0.25) is 19.7 Å². The fourth-order valence-corrected chi connectivity index (χ4v) is 5.08. The lowest BCUT2D eigenvalue weighted by Crippen LogP contribution is -2.60. The van der Waals surface area contributed by atoms with Crippen LogP contribution in [0.4, 0.5) is 17.6 Å². The number of aliphatic carboxylic acids is 1. The van der Waals surface area contributed by atoms with Gasteiger partial charge < -0.3 is 19.9 Å². The Labute approximate surface area is 248 Å². The molecule has 1 aliphatic rings. The summed E-state index contributed by atoms with van der Waals surface area (Å²) in [7, 11) is 0. The molecule has 3 atom stereocenters. The maximum Gasteiger partial charge on any atom is 0.305 e. The summed E-state index contributed by atoms with van der Waals surface area (Å²) in [5.41, 5.74) is 0.556. The minimum absolute atomic E-state index is 0.0193. The minimum Gasteiger partial charge on any atom is -0.481 e. The van der Waals surface area contributed by atoms with Gasteiger partial charge in [-0.25, -0.2) is 8.78 Å². The number of carbonyl (C=O) groups excluding carboxylic acids is 2. The molecule has 2 aromatic carbocycles. The van der Waals surface area contributed by atoms with E-state index in [1.807, 2.05) is 24.3 Å². The van der Waals surface area contributed by atoms with Gasteiger partial charge in [0.2, 0.25) is 17.5 Å². The summed E-state index contributed by atoms with van der Waals surface area (Å²) in [6, 6.07) is 5.08. The lowest BCUT2D eigenvalue weighted by Gasteiger charge is -2.44. The molecule has 236 valence electrons. The number of nitrogens with one attached hydrogen (secondary N) is 2. The van der Waals surface area contributed by atoms with E-state index >= 15 is 0 Å². The van der Waals surface area contributed by atoms with Gasteiger partial charge in [-0.15, -0.1) is 0 Å². The molecule has 12 heteroatoms. The molecule has 0 aromatic heterocycles. The first-order valence-corrected chi connectivity index (χ1v) is 14.1. The summed E-state index contributed by atoms with van der Waals surface area (Å²) < 4.78 is 66.2. The topological polar surface area (TPSA) is 114 Å². The molecule has 1 fully saturated rings. The number of ether oxygens (including phenoxy) is 2. The number of rotatable bonds is 12. The number of halogens is 4. The first-order chi connectivity index (χ1) is 20.1. The second-order valence-electron chi connectivity index (χ2n) is 12.0. The predicted molar refractivity (Wildman–Crippen MR) is 149 cm³/mol. The van der Waals surface area contributed by atoms with Gasteiger partial charge >= 0.3 is 5.97 Å². The molecule has 1 saturated heterocycles. The monoisotopic (exact) mass is 610 g/mol. The molecule has 1 amide bonds. The predicted octanol–water partition coefficient (Wildman–Crippen LogP) is 5.12. The van der Waals surface area contributed by atoms with Gasteiger partial charge in [0.05, 0.1) is 12.5 Å². The number of benzene rings is 2. The van der Waals surface area contributed by atoms with E-state index in [0.29, 0.717) is 13.0 Å². The van der Waals surface area contributed by atoms with E-state index in [-0.39, 0.29) is 17.4 Å². The number of Topliss-reactive ketones (excluding diaryl/α,β-unsaturated/α-hetero) is 1. The highest BCUT2D eigenvalue weighted by Gasteiger charge is 2.43. The Morgan fingerprint density at radius 1 is 1.05 bits per heavy atom. The Hall–Kier alpha value is -3.51. The number of amides is 1. The van der Waals surface area contributed by atoms with Gasteiger partial charge in [0.25, 0.3) is 0 Å². The quantitative estimate of drug-likeness (QED) is 0.226. The number of carbonyl (C=O) groups is 3. The van der Waals surface area contributed by atoms with Gasteiger partial charge in [-0.1, -0.05) is 58.9 Å². The zero-order chi connectivity index (χ0) is 32.1. The van der Waals surface area contributed by atoms with E-state index in [2.05, 4.69) is 31.4 Å². The third-order valence-electron chi connectivity index (χ3n) is 7.29. The molecule has 43 heavy (non-hydrogen) atoms. The molecule has 1 unspecified atom stereocenters. The normalized spacial score (nSPS) is 18.7. The molecular weight excluding hydrogens is 572 g/mol. The molecule has 0 aliphatic carbocycles. The third kappa shape index (κ3) is 8.11. The van der Waals surface area contributed by atoms with Crippen molar-refractivity contribution in [1.29, 1.82) is 0 Å². The smallest absolute Gasteiger partial charge is 0.305 e. The molecule has 1 heterocycles. The highest BCUT2D eigenvalue weighted by molar-refractivity contribution is 5.94. The SMILES string of the molecule is CC(C)[C@H](NC1(c2ccccc2C(C)(C)C)CCCCO1)C(=O)N[C@@H](CC(=O)O)C(=O)COc1c(F)c(F)cc(F)c1F. The Kier molecular flexibility index (Phi) is 10.9. The molecule has 0 radical (unpaired) electrons. The summed E-state index contributed by atoms with van der Waals surface area (Å²) in [5, 5.41) is 15.2. The van der Waals surface area contributed by atoms with Crippen molar-refractivity contribution in [3.05, 3.63) is 64.7 Å². The zero-order valence-corrected chi connectivity index (χ0v) is 24.9. The van der Waals surface area contributed by atoms with Crippen LogP contribution in [-0.4, -0.2) is 48.1 Å². The van der Waals surface area contributed by atoms with Crippen LogP contribution in [0.2, 0.25) is 0 Å². The van der Waals surface area contributed by atoms with Gasteiger partial charge in [0.15, 0.2) is 23.2 Å². The van der Waals surface area contributed by atoms with Crippen molar-refractivity contribution in [3.63, 3.8) is 0 Å². The molecule has 2 aromatic rings. The summed E-state index contributed by atoms with van der Waals surface area (Å²) in [5.74, 6) is -12.3. The first-order valence-electron chi connectivity index (χ1n) is 14.1. The van der Waals surface area contributed by atoms with Crippen molar-refractivity contribution in [2.45, 2.75) is 83.5 Å². The van der Waals surface area contributed by atoms with Crippen molar-refractivity contribution in [2.75, 3.05) is 13.2 Å². The van der Waals surface area contributed by atoms with E-state index in [1.54, 1.807) is 13.8 Å². The number of carboxylic acids is 1. The highest BCUT2D eigenvalue weighted by atomic mass is 19.2. The standard InChI is InChI=1S/C31H38F4N2O6/c1-17(2)27(37-31(12-8-9-13-43-31)19-11-7-6-10-18(19)30(3,4)5)29(41)36-22(15-24(39)40)23(38)16-42-28-25(34)20(32)14-21(33)26(28)35/h6-7,10-11,14,17,22,27,37H,8-9,12-13,15-16H2,1-5H3,(H,36,41)(H,39,40)/t22-,27-,31?/m0/s1. The molecule has 3 N–H and O–H groups in total. The van der Waals surface area contributed by atoms with Crippen molar-refractivity contribution < 1.29 is 46.5 Å². The van der Waals surface area contributed by atoms with Crippen molar-refractivity contribution in [1.82, 2.24) is 10.6 Å². The van der Waals surface area contributed by atoms with Crippen LogP contribution in [0.15, 0.2) is 30.3 Å². The molecule has 0 spiro atoms. The van der Waals surface area contributed by atoms with E-state index in [9.17, 15) is 37.1 Å². The van der Waals surface area contributed by atoms with Crippen molar-refractivity contribution in [2.24, 2.45) is 5.92 Å². The van der Waals surface area contributed by atoms with Crippen LogP contribution in [0, 0.1) is 29.2 Å². The Balaban J connectivity index is 1.88. The molecule has 0 bridgehead atoms. The lowest BCUT2D eigenvalue weighted by atomic mass is 9.78. The van der Waals surface area contributed by atoms with Crippen LogP contribution in [0.25, 0.3) is 0 Å². The maximum atomic E-state index is 14.0. The fraction of sp³-hybridized carbons (Fsp3) is 0.516. The van der Waals surface area contributed by atoms with Crippen LogP contribution in [0.5, 0.6) is 5.75 Å². The summed E-state index contributed by atoms with van der Waals surface area (Å²) in [6.45, 7) is 9.00.